The lowest BCUT2D eigenvalue weighted by Gasteiger charge is -2.24. The Morgan fingerprint density at radius 3 is 2.70 bits per heavy atom. The number of likely N-dealkylation sites (N-methyl/N-ethyl adjacent to an activating group) is 1. The van der Waals surface area contributed by atoms with Gasteiger partial charge in [-0.05, 0) is 50.1 Å². The summed E-state index contributed by atoms with van der Waals surface area (Å²) in [6, 6.07) is 3.16. The van der Waals surface area contributed by atoms with Gasteiger partial charge < -0.3 is 25.8 Å². The SMILES string of the molecule is C=N[C@H]1[C@@H](O)[C@H](C(=C)C=Nc2c(C)nc(C#CCN(C(=C)c3ccc(Cl)nc3)C3CC3)nc2N)O[C@@H]1C(=O)NC. The minimum Gasteiger partial charge on any atom is -0.388 e. The van der Waals surface area contributed by atoms with Gasteiger partial charge in [0.15, 0.2) is 11.9 Å². The number of carbonyl (C=O) groups excluding carboxylic acids is 1. The van der Waals surface area contributed by atoms with Crippen LogP contribution in [-0.2, 0) is 9.53 Å². The Hall–Kier alpha value is -4.11. The van der Waals surface area contributed by atoms with Crippen molar-refractivity contribution in [2.75, 3.05) is 19.3 Å². The van der Waals surface area contributed by atoms with Crippen LogP contribution in [-0.4, -0.2) is 87.8 Å². The van der Waals surface area contributed by atoms with Crippen molar-refractivity contribution >= 4 is 47.6 Å². The van der Waals surface area contributed by atoms with Crippen LogP contribution in [0.1, 0.15) is 29.9 Å². The Balaban J connectivity index is 1.44. The average molecular weight is 563 g/mol. The number of hydrogen-bond acceptors (Lipinski definition) is 10. The second-order valence-electron chi connectivity index (χ2n) is 9.43. The highest BCUT2D eigenvalue weighted by Crippen LogP contribution is 2.33. The zero-order valence-corrected chi connectivity index (χ0v) is 23.1. The van der Waals surface area contributed by atoms with Crippen molar-refractivity contribution in [1.29, 1.82) is 0 Å². The fraction of sp³-hybridized carbons (Fsp3) is 0.357. The number of aliphatic imine (C=N–C) groups is 2. The number of anilines is 1. The van der Waals surface area contributed by atoms with Crippen molar-refractivity contribution in [3.05, 3.63) is 59.3 Å². The molecule has 208 valence electrons. The lowest BCUT2D eigenvalue weighted by atomic mass is 10.0. The molecule has 1 saturated heterocycles. The number of amides is 1. The molecule has 0 unspecified atom stereocenters. The highest BCUT2D eigenvalue weighted by Gasteiger charge is 2.47. The Morgan fingerprint density at radius 2 is 2.10 bits per heavy atom. The Morgan fingerprint density at radius 1 is 1.35 bits per heavy atom. The number of ether oxygens (including phenoxy) is 1. The first-order valence-corrected chi connectivity index (χ1v) is 13.0. The zero-order valence-electron chi connectivity index (χ0n) is 22.3. The van der Waals surface area contributed by atoms with Crippen LogP contribution in [0.2, 0.25) is 5.15 Å². The average Bonchev–Trinajstić information content (AvgIpc) is 3.72. The minimum atomic E-state index is -1.12. The maximum atomic E-state index is 12.1. The van der Waals surface area contributed by atoms with E-state index in [0.29, 0.717) is 34.7 Å². The van der Waals surface area contributed by atoms with Crippen molar-refractivity contribution in [1.82, 2.24) is 25.2 Å². The summed E-state index contributed by atoms with van der Waals surface area (Å²) in [4.78, 5) is 35.3. The van der Waals surface area contributed by atoms with Crippen LogP contribution in [0.25, 0.3) is 5.70 Å². The molecule has 1 saturated carbocycles. The number of carbonyl (C=O) groups is 1. The molecule has 4 atom stereocenters. The van der Waals surface area contributed by atoms with Gasteiger partial charge in [-0.25, -0.2) is 15.0 Å². The van der Waals surface area contributed by atoms with E-state index in [2.05, 4.69) is 66.9 Å². The van der Waals surface area contributed by atoms with Gasteiger partial charge in [0.25, 0.3) is 5.91 Å². The number of nitrogens with zero attached hydrogens (tertiary/aromatic N) is 6. The molecule has 2 aromatic rings. The Bertz CT molecular complexity index is 1390. The van der Waals surface area contributed by atoms with Gasteiger partial charge in [-0.1, -0.05) is 30.7 Å². The van der Waals surface area contributed by atoms with E-state index in [1.54, 1.807) is 19.2 Å². The van der Waals surface area contributed by atoms with Gasteiger partial charge in [0.1, 0.15) is 29.1 Å². The number of nitrogen functional groups attached to an aromatic ring is 1. The van der Waals surface area contributed by atoms with Gasteiger partial charge >= 0.3 is 0 Å². The van der Waals surface area contributed by atoms with E-state index < -0.39 is 30.3 Å². The van der Waals surface area contributed by atoms with E-state index in [0.717, 1.165) is 24.1 Å². The van der Waals surface area contributed by atoms with Crippen LogP contribution in [0.3, 0.4) is 0 Å². The molecule has 0 aromatic carbocycles. The summed E-state index contributed by atoms with van der Waals surface area (Å²) in [5.74, 6) is 6.09. The fourth-order valence-corrected chi connectivity index (χ4v) is 4.43. The molecule has 0 bridgehead atoms. The molecule has 0 radical (unpaired) electrons. The third-order valence-corrected chi connectivity index (χ3v) is 6.86. The third kappa shape index (κ3) is 6.37. The minimum absolute atomic E-state index is 0.137. The molecule has 2 fully saturated rings. The third-order valence-electron chi connectivity index (χ3n) is 6.63. The molecule has 11 nitrogen and oxygen atoms in total. The molecular formula is C28H31ClN8O3. The number of halogens is 1. The smallest absolute Gasteiger partial charge is 0.251 e. The molecule has 2 aliphatic rings. The first-order chi connectivity index (χ1) is 19.1. The predicted octanol–water partition coefficient (Wildman–Crippen LogP) is 2.10. The van der Waals surface area contributed by atoms with Gasteiger partial charge in [0, 0.05) is 36.8 Å². The summed E-state index contributed by atoms with van der Waals surface area (Å²) in [7, 11) is 1.47. The molecule has 2 aromatic heterocycles. The van der Waals surface area contributed by atoms with Crippen molar-refractivity contribution in [3.8, 4) is 11.8 Å². The summed E-state index contributed by atoms with van der Waals surface area (Å²) in [6.45, 7) is 13.8. The number of hydrogen-bond donors (Lipinski definition) is 3. The van der Waals surface area contributed by atoms with E-state index in [4.69, 9.17) is 22.1 Å². The summed E-state index contributed by atoms with van der Waals surface area (Å²) in [5, 5.41) is 13.5. The van der Waals surface area contributed by atoms with Gasteiger partial charge in [-0.3, -0.25) is 14.8 Å². The molecular weight excluding hydrogens is 532 g/mol. The number of pyridine rings is 1. The van der Waals surface area contributed by atoms with Crippen LogP contribution in [0.15, 0.2) is 47.0 Å². The number of aliphatic hydroxyl groups is 1. The highest BCUT2D eigenvalue weighted by molar-refractivity contribution is 6.29. The van der Waals surface area contributed by atoms with E-state index >= 15 is 0 Å². The quantitative estimate of drug-likeness (QED) is 0.239. The van der Waals surface area contributed by atoms with Crippen molar-refractivity contribution < 1.29 is 14.6 Å². The second kappa shape index (κ2) is 12.4. The summed E-state index contributed by atoms with van der Waals surface area (Å²) in [6.07, 6.45) is 2.23. The van der Waals surface area contributed by atoms with Gasteiger partial charge in [-0.15, -0.1) is 0 Å². The predicted molar refractivity (Wildman–Crippen MR) is 155 cm³/mol. The first-order valence-electron chi connectivity index (χ1n) is 12.6. The van der Waals surface area contributed by atoms with E-state index in [1.807, 2.05) is 6.07 Å². The second-order valence-corrected chi connectivity index (χ2v) is 9.82. The monoisotopic (exact) mass is 562 g/mol. The molecule has 4 rings (SSSR count). The number of aliphatic hydroxyl groups excluding tert-OH is 1. The molecule has 12 heteroatoms. The summed E-state index contributed by atoms with van der Waals surface area (Å²) >= 11 is 5.91. The molecule has 1 aliphatic heterocycles. The van der Waals surface area contributed by atoms with Crippen molar-refractivity contribution in [2.45, 2.75) is 50.2 Å². The molecule has 1 aliphatic carbocycles. The number of nitrogens with one attached hydrogen (secondary N) is 1. The normalized spacial score (nSPS) is 21.9. The number of rotatable bonds is 9. The topological polar surface area (TPSA) is 151 Å². The van der Waals surface area contributed by atoms with E-state index in [-0.39, 0.29) is 11.6 Å². The summed E-state index contributed by atoms with van der Waals surface area (Å²) in [5.41, 5.74) is 9.06. The molecule has 1 amide bonds. The number of aromatic nitrogens is 3. The standard InChI is InChI=1S/C28H31ClN8O3/c1-15(25-24(38)23(31-4)26(40-25)28(39)32-5)13-34-22-16(2)35-21(36-27(22)30)7-6-12-37(19-9-10-19)17(3)18-8-11-20(29)33-14-18/h8,11,13-14,19,23-26,38H,1,3-4,9-10,12H2,2,5H3,(H,32,39)(H2,30,35,36)/t23-,24+,25-,26-/m0/s1. The largest absolute Gasteiger partial charge is 0.388 e. The van der Waals surface area contributed by atoms with Crippen molar-refractivity contribution in [3.63, 3.8) is 0 Å². The first kappa shape index (κ1) is 28.9. The van der Waals surface area contributed by atoms with Crippen LogP contribution in [0.4, 0.5) is 11.5 Å². The molecule has 0 spiro atoms. The lowest BCUT2D eigenvalue weighted by Crippen LogP contribution is -2.40. The van der Waals surface area contributed by atoms with Crippen molar-refractivity contribution in [2.24, 2.45) is 9.98 Å². The molecule has 4 N–H and O–H groups in total. The lowest BCUT2D eigenvalue weighted by molar-refractivity contribution is -0.131. The van der Waals surface area contributed by atoms with Crippen LogP contribution < -0.4 is 11.1 Å². The number of aryl methyl sites for hydroxylation is 1. The van der Waals surface area contributed by atoms with E-state index in [1.165, 1.54) is 13.3 Å². The Kier molecular flexibility index (Phi) is 8.94. The number of nitrogens with two attached hydrogens (primary N) is 1. The molecule has 3 heterocycles. The maximum Gasteiger partial charge on any atom is 0.251 e. The highest BCUT2D eigenvalue weighted by atomic mass is 35.5. The molecule has 40 heavy (non-hydrogen) atoms. The zero-order chi connectivity index (χ0) is 29.0. The Labute approximate surface area is 238 Å². The van der Waals surface area contributed by atoms with Crippen LogP contribution in [0, 0.1) is 18.8 Å². The van der Waals surface area contributed by atoms with Crippen LogP contribution in [0.5, 0.6) is 0 Å². The van der Waals surface area contributed by atoms with Gasteiger partial charge in [-0.2, -0.15) is 0 Å². The maximum absolute atomic E-state index is 12.1. The van der Waals surface area contributed by atoms with Gasteiger partial charge in [0.05, 0.1) is 12.2 Å². The fourth-order valence-electron chi connectivity index (χ4n) is 4.32. The van der Waals surface area contributed by atoms with Crippen LogP contribution >= 0.6 is 11.6 Å². The summed E-state index contributed by atoms with van der Waals surface area (Å²) < 4.78 is 5.71. The van der Waals surface area contributed by atoms with Gasteiger partial charge in [0.2, 0.25) is 5.82 Å². The van der Waals surface area contributed by atoms with E-state index in [9.17, 15) is 9.90 Å².